The average molecular weight is 235 g/mol. The zero-order chi connectivity index (χ0) is 12.7. The molecule has 0 fully saturated rings. The third kappa shape index (κ3) is 3.79. The molecule has 0 aromatic heterocycles. The van der Waals surface area contributed by atoms with Crippen LogP contribution in [0.4, 0.5) is 0 Å². The standard InChI is InChI=1S/C14H21NO2/c1-5-17-13-8-6-7-12(14(13)16-4)10-9-11(2)15-3/h6-11,15H,5H2,1-4H3/b10-9+. The second kappa shape index (κ2) is 6.97. The van der Waals surface area contributed by atoms with Crippen molar-refractivity contribution < 1.29 is 9.47 Å². The molecule has 0 bridgehead atoms. The molecule has 0 saturated carbocycles. The first-order valence-corrected chi connectivity index (χ1v) is 5.88. The predicted molar refractivity (Wildman–Crippen MR) is 71.7 cm³/mol. The van der Waals surface area contributed by atoms with E-state index < -0.39 is 0 Å². The van der Waals surface area contributed by atoms with Crippen LogP contribution in [0.2, 0.25) is 0 Å². The molecule has 0 radical (unpaired) electrons. The molecule has 3 heteroatoms. The summed E-state index contributed by atoms with van der Waals surface area (Å²) in [6.07, 6.45) is 4.14. The van der Waals surface area contributed by atoms with Gasteiger partial charge >= 0.3 is 0 Å². The molecule has 0 saturated heterocycles. The van der Waals surface area contributed by atoms with Crippen molar-refractivity contribution >= 4 is 6.08 Å². The first-order valence-electron chi connectivity index (χ1n) is 5.88. The number of hydrogen-bond donors (Lipinski definition) is 1. The van der Waals surface area contributed by atoms with E-state index in [4.69, 9.17) is 9.47 Å². The summed E-state index contributed by atoms with van der Waals surface area (Å²) >= 11 is 0. The van der Waals surface area contributed by atoms with E-state index in [0.717, 1.165) is 17.1 Å². The van der Waals surface area contributed by atoms with Gasteiger partial charge in [0, 0.05) is 11.6 Å². The predicted octanol–water partition coefficient (Wildman–Crippen LogP) is 2.72. The van der Waals surface area contributed by atoms with Crippen molar-refractivity contribution in [2.24, 2.45) is 0 Å². The van der Waals surface area contributed by atoms with Crippen LogP contribution in [-0.4, -0.2) is 26.8 Å². The van der Waals surface area contributed by atoms with Gasteiger partial charge in [-0.05, 0) is 27.0 Å². The molecule has 0 heterocycles. The molecule has 0 aliphatic carbocycles. The summed E-state index contributed by atoms with van der Waals surface area (Å²) in [5.41, 5.74) is 1.03. The van der Waals surface area contributed by atoms with E-state index in [1.165, 1.54) is 0 Å². The van der Waals surface area contributed by atoms with Crippen molar-refractivity contribution in [1.29, 1.82) is 0 Å². The Morgan fingerprint density at radius 2 is 2.18 bits per heavy atom. The smallest absolute Gasteiger partial charge is 0.167 e. The lowest BCUT2D eigenvalue weighted by molar-refractivity contribution is 0.310. The summed E-state index contributed by atoms with van der Waals surface area (Å²) in [4.78, 5) is 0. The topological polar surface area (TPSA) is 30.5 Å². The molecular formula is C14H21NO2. The van der Waals surface area contributed by atoms with Gasteiger partial charge in [0.2, 0.25) is 0 Å². The first-order chi connectivity index (χ1) is 8.22. The lowest BCUT2D eigenvalue weighted by atomic mass is 10.1. The normalized spacial score (nSPS) is 12.7. The van der Waals surface area contributed by atoms with E-state index in [-0.39, 0.29) is 0 Å². The van der Waals surface area contributed by atoms with Crippen molar-refractivity contribution in [2.75, 3.05) is 20.8 Å². The Bertz CT molecular complexity index is 374. The minimum Gasteiger partial charge on any atom is -0.492 e. The number of ether oxygens (including phenoxy) is 2. The highest BCUT2D eigenvalue weighted by atomic mass is 16.5. The van der Waals surface area contributed by atoms with E-state index in [1.54, 1.807) is 7.11 Å². The molecule has 1 aromatic carbocycles. The molecule has 17 heavy (non-hydrogen) atoms. The molecular weight excluding hydrogens is 214 g/mol. The molecule has 1 aromatic rings. The summed E-state index contributed by atoms with van der Waals surface area (Å²) in [6.45, 7) is 4.69. The number of para-hydroxylation sites is 1. The molecule has 0 amide bonds. The maximum absolute atomic E-state index is 5.53. The molecule has 94 valence electrons. The molecule has 0 spiro atoms. The lowest BCUT2D eigenvalue weighted by Gasteiger charge is -2.12. The molecule has 0 aliphatic rings. The number of rotatable bonds is 6. The van der Waals surface area contributed by atoms with E-state index >= 15 is 0 Å². The van der Waals surface area contributed by atoms with Gasteiger partial charge in [0.1, 0.15) is 0 Å². The minimum atomic E-state index is 0.329. The average Bonchev–Trinajstić information content (AvgIpc) is 2.36. The fourth-order valence-electron chi connectivity index (χ4n) is 1.50. The highest BCUT2D eigenvalue weighted by molar-refractivity contribution is 5.62. The Hall–Kier alpha value is -1.48. The Labute approximate surface area is 103 Å². The monoisotopic (exact) mass is 235 g/mol. The highest BCUT2D eigenvalue weighted by Crippen LogP contribution is 2.31. The third-order valence-corrected chi connectivity index (χ3v) is 2.53. The van der Waals surface area contributed by atoms with Gasteiger partial charge in [-0.25, -0.2) is 0 Å². The second-order valence-corrected chi connectivity index (χ2v) is 3.75. The van der Waals surface area contributed by atoms with Crippen LogP contribution in [0.5, 0.6) is 11.5 Å². The Balaban J connectivity index is 2.98. The number of hydrogen-bond acceptors (Lipinski definition) is 3. The quantitative estimate of drug-likeness (QED) is 0.822. The van der Waals surface area contributed by atoms with Crippen molar-refractivity contribution in [1.82, 2.24) is 5.32 Å². The largest absolute Gasteiger partial charge is 0.492 e. The summed E-state index contributed by atoms with van der Waals surface area (Å²) in [6, 6.07) is 6.23. The number of nitrogens with one attached hydrogen (secondary N) is 1. The molecule has 1 N–H and O–H groups in total. The van der Waals surface area contributed by atoms with Crippen molar-refractivity contribution in [3.63, 3.8) is 0 Å². The first kappa shape index (κ1) is 13.6. The summed E-state index contributed by atoms with van der Waals surface area (Å²) in [5.74, 6) is 1.57. The van der Waals surface area contributed by atoms with Gasteiger partial charge in [-0.2, -0.15) is 0 Å². The summed E-state index contributed by atoms with van der Waals surface area (Å²) in [7, 11) is 3.60. The fourth-order valence-corrected chi connectivity index (χ4v) is 1.50. The molecule has 1 unspecified atom stereocenters. The minimum absolute atomic E-state index is 0.329. The number of methoxy groups -OCH3 is 1. The van der Waals surface area contributed by atoms with Gasteiger partial charge < -0.3 is 14.8 Å². The molecule has 1 atom stereocenters. The van der Waals surface area contributed by atoms with Crippen LogP contribution in [0.15, 0.2) is 24.3 Å². The van der Waals surface area contributed by atoms with E-state index in [2.05, 4.69) is 18.3 Å². The molecule has 3 nitrogen and oxygen atoms in total. The fraction of sp³-hybridized carbons (Fsp3) is 0.429. The van der Waals surface area contributed by atoms with Gasteiger partial charge in [0.15, 0.2) is 11.5 Å². The van der Waals surface area contributed by atoms with Crippen molar-refractivity contribution in [3.05, 3.63) is 29.8 Å². The molecule has 1 rings (SSSR count). The second-order valence-electron chi connectivity index (χ2n) is 3.75. The van der Waals surface area contributed by atoms with Gasteiger partial charge in [-0.3, -0.25) is 0 Å². The van der Waals surface area contributed by atoms with Crippen molar-refractivity contribution in [2.45, 2.75) is 19.9 Å². The van der Waals surface area contributed by atoms with Gasteiger partial charge in [0.25, 0.3) is 0 Å². The number of benzene rings is 1. The number of likely N-dealkylation sites (N-methyl/N-ethyl adjacent to an activating group) is 1. The van der Waals surface area contributed by atoms with Gasteiger partial charge in [-0.15, -0.1) is 0 Å². The van der Waals surface area contributed by atoms with Gasteiger partial charge in [-0.1, -0.05) is 24.3 Å². The van der Waals surface area contributed by atoms with Crippen LogP contribution >= 0.6 is 0 Å². The van der Waals surface area contributed by atoms with Crippen LogP contribution in [0, 0.1) is 0 Å². The zero-order valence-corrected chi connectivity index (χ0v) is 11.0. The zero-order valence-electron chi connectivity index (χ0n) is 11.0. The molecule has 0 aliphatic heterocycles. The Kier molecular flexibility index (Phi) is 5.57. The Morgan fingerprint density at radius 3 is 2.76 bits per heavy atom. The van der Waals surface area contributed by atoms with E-state index in [1.807, 2.05) is 38.2 Å². The van der Waals surface area contributed by atoms with Crippen LogP contribution in [-0.2, 0) is 0 Å². The summed E-state index contributed by atoms with van der Waals surface area (Å²) < 4.78 is 10.9. The van der Waals surface area contributed by atoms with E-state index in [9.17, 15) is 0 Å². The lowest BCUT2D eigenvalue weighted by Crippen LogP contribution is -2.17. The maximum atomic E-state index is 5.53. The Morgan fingerprint density at radius 1 is 1.41 bits per heavy atom. The van der Waals surface area contributed by atoms with Crippen molar-refractivity contribution in [3.8, 4) is 11.5 Å². The van der Waals surface area contributed by atoms with Crippen LogP contribution in [0.25, 0.3) is 6.08 Å². The van der Waals surface area contributed by atoms with Crippen LogP contribution < -0.4 is 14.8 Å². The third-order valence-electron chi connectivity index (χ3n) is 2.53. The van der Waals surface area contributed by atoms with Crippen LogP contribution in [0.3, 0.4) is 0 Å². The van der Waals surface area contributed by atoms with E-state index in [0.29, 0.717) is 12.6 Å². The van der Waals surface area contributed by atoms with Crippen LogP contribution in [0.1, 0.15) is 19.4 Å². The summed E-state index contributed by atoms with van der Waals surface area (Å²) in [5, 5.41) is 3.15. The SMILES string of the molecule is CCOc1cccc(/C=C/C(C)NC)c1OC. The van der Waals surface area contributed by atoms with Gasteiger partial charge in [0.05, 0.1) is 13.7 Å². The maximum Gasteiger partial charge on any atom is 0.167 e. The highest BCUT2D eigenvalue weighted by Gasteiger charge is 2.07.